The quantitative estimate of drug-likeness (QED) is 0.580. The van der Waals surface area contributed by atoms with Crippen molar-refractivity contribution in [3.63, 3.8) is 0 Å². The number of rotatable bonds is 5. The van der Waals surface area contributed by atoms with Crippen LogP contribution < -0.4 is 0 Å². The van der Waals surface area contributed by atoms with E-state index in [4.69, 9.17) is 0 Å². The van der Waals surface area contributed by atoms with E-state index in [0.29, 0.717) is 6.42 Å². The molecule has 2 aromatic rings. The lowest BCUT2D eigenvalue weighted by atomic mass is 10.1. The summed E-state index contributed by atoms with van der Waals surface area (Å²) in [5.74, 6) is 0.743. The highest BCUT2D eigenvalue weighted by molar-refractivity contribution is 7.98. The molecular weight excluding hydrogens is 259 g/mol. The molecule has 98 valence electrons. The summed E-state index contributed by atoms with van der Waals surface area (Å²) in [6.07, 6.45) is 0.530. The van der Waals surface area contributed by atoms with Gasteiger partial charge in [-0.15, -0.1) is 11.8 Å². The molecule has 0 bridgehead atoms. The van der Waals surface area contributed by atoms with Crippen LogP contribution in [0.4, 0.5) is 4.39 Å². The van der Waals surface area contributed by atoms with Gasteiger partial charge in [0, 0.05) is 22.6 Å². The fourth-order valence-electron chi connectivity index (χ4n) is 1.69. The maximum Gasteiger partial charge on any atom is 0.162 e. The van der Waals surface area contributed by atoms with E-state index in [1.165, 1.54) is 12.1 Å². The van der Waals surface area contributed by atoms with Crippen LogP contribution in [-0.2, 0) is 5.75 Å². The smallest absolute Gasteiger partial charge is 0.162 e. The third kappa shape index (κ3) is 3.93. The highest BCUT2D eigenvalue weighted by Crippen LogP contribution is 2.23. The standard InChI is InChI=1S/C16H15FOS/c1-2-16(18)13-5-9-15(10-6-13)19-11-12-3-7-14(17)8-4-12/h3-10H,2,11H2,1H3. The van der Waals surface area contributed by atoms with Crippen molar-refractivity contribution < 1.29 is 9.18 Å². The Hall–Kier alpha value is -1.61. The van der Waals surface area contributed by atoms with E-state index in [1.54, 1.807) is 23.9 Å². The minimum atomic E-state index is -0.212. The summed E-state index contributed by atoms with van der Waals surface area (Å²) in [5, 5.41) is 0. The molecule has 0 saturated carbocycles. The predicted octanol–water partition coefficient (Wildman–Crippen LogP) is 4.71. The van der Waals surface area contributed by atoms with Crippen LogP contribution in [0.15, 0.2) is 53.4 Å². The fraction of sp³-hybridized carbons (Fsp3) is 0.188. The van der Waals surface area contributed by atoms with Gasteiger partial charge in [-0.3, -0.25) is 4.79 Å². The van der Waals surface area contributed by atoms with Gasteiger partial charge in [0.2, 0.25) is 0 Å². The Bertz CT molecular complexity index is 546. The van der Waals surface area contributed by atoms with Gasteiger partial charge >= 0.3 is 0 Å². The van der Waals surface area contributed by atoms with Crippen molar-refractivity contribution >= 4 is 17.5 Å². The molecule has 0 heterocycles. The zero-order valence-corrected chi connectivity index (χ0v) is 11.5. The molecule has 0 atom stereocenters. The fourth-order valence-corrected chi connectivity index (χ4v) is 2.54. The van der Waals surface area contributed by atoms with E-state index in [2.05, 4.69) is 0 Å². The van der Waals surface area contributed by atoms with Crippen molar-refractivity contribution in [3.8, 4) is 0 Å². The van der Waals surface area contributed by atoms with Gasteiger partial charge in [0.05, 0.1) is 0 Å². The van der Waals surface area contributed by atoms with Crippen LogP contribution in [0.2, 0.25) is 0 Å². The van der Waals surface area contributed by atoms with Gasteiger partial charge in [0.25, 0.3) is 0 Å². The van der Waals surface area contributed by atoms with Gasteiger partial charge in [-0.2, -0.15) is 0 Å². The number of carbonyl (C=O) groups is 1. The molecular formula is C16H15FOS. The summed E-state index contributed by atoms with van der Waals surface area (Å²) < 4.78 is 12.8. The summed E-state index contributed by atoms with van der Waals surface area (Å²) in [6, 6.07) is 14.2. The summed E-state index contributed by atoms with van der Waals surface area (Å²) in [6.45, 7) is 1.86. The number of halogens is 1. The van der Waals surface area contributed by atoms with Crippen LogP contribution in [0.25, 0.3) is 0 Å². The number of hydrogen-bond donors (Lipinski definition) is 0. The average molecular weight is 274 g/mol. The van der Waals surface area contributed by atoms with E-state index < -0.39 is 0 Å². The van der Waals surface area contributed by atoms with Crippen LogP contribution >= 0.6 is 11.8 Å². The third-order valence-electron chi connectivity index (χ3n) is 2.82. The molecule has 0 aromatic heterocycles. The number of thioether (sulfide) groups is 1. The Morgan fingerprint density at radius 3 is 2.26 bits per heavy atom. The largest absolute Gasteiger partial charge is 0.294 e. The van der Waals surface area contributed by atoms with Gasteiger partial charge in [0.15, 0.2) is 5.78 Å². The Kier molecular flexibility index (Phi) is 4.74. The monoisotopic (exact) mass is 274 g/mol. The van der Waals surface area contributed by atoms with Crippen molar-refractivity contribution in [1.82, 2.24) is 0 Å². The molecule has 0 aliphatic carbocycles. The Balaban J connectivity index is 1.96. The Labute approximate surface area is 116 Å². The molecule has 2 aromatic carbocycles. The SMILES string of the molecule is CCC(=O)c1ccc(SCc2ccc(F)cc2)cc1. The summed E-state index contributed by atoms with van der Waals surface area (Å²) >= 11 is 1.67. The Morgan fingerprint density at radius 1 is 1.05 bits per heavy atom. The van der Waals surface area contributed by atoms with Crippen LogP contribution in [0, 0.1) is 5.82 Å². The van der Waals surface area contributed by atoms with E-state index in [9.17, 15) is 9.18 Å². The van der Waals surface area contributed by atoms with Crippen molar-refractivity contribution in [1.29, 1.82) is 0 Å². The van der Waals surface area contributed by atoms with E-state index >= 15 is 0 Å². The van der Waals surface area contributed by atoms with Crippen molar-refractivity contribution in [2.45, 2.75) is 24.0 Å². The molecule has 0 fully saturated rings. The van der Waals surface area contributed by atoms with Gasteiger partial charge in [-0.1, -0.05) is 31.2 Å². The molecule has 0 amide bonds. The second-order valence-corrected chi connectivity index (χ2v) is 5.27. The van der Waals surface area contributed by atoms with E-state index in [1.807, 2.05) is 31.2 Å². The lowest BCUT2D eigenvalue weighted by Crippen LogP contribution is -1.95. The summed E-state index contributed by atoms with van der Waals surface area (Å²) in [7, 11) is 0. The van der Waals surface area contributed by atoms with Gasteiger partial charge in [-0.05, 0) is 29.8 Å². The van der Waals surface area contributed by atoms with E-state index in [-0.39, 0.29) is 11.6 Å². The topological polar surface area (TPSA) is 17.1 Å². The number of benzene rings is 2. The molecule has 19 heavy (non-hydrogen) atoms. The third-order valence-corrected chi connectivity index (χ3v) is 3.90. The van der Waals surface area contributed by atoms with Crippen LogP contribution in [0.3, 0.4) is 0 Å². The van der Waals surface area contributed by atoms with Crippen molar-refractivity contribution in [2.75, 3.05) is 0 Å². The van der Waals surface area contributed by atoms with Gasteiger partial charge < -0.3 is 0 Å². The molecule has 3 heteroatoms. The highest BCUT2D eigenvalue weighted by atomic mass is 32.2. The Morgan fingerprint density at radius 2 is 1.68 bits per heavy atom. The first-order valence-electron chi connectivity index (χ1n) is 6.19. The summed E-state index contributed by atoms with van der Waals surface area (Å²) in [5.41, 5.74) is 1.84. The van der Waals surface area contributed by atoms with Crippen LogP contribution in [-0.4, -0.2) is 5.78 Å². The van der Waals surface area contributed by atoms with Crippen LogP contribution in [0.5, 0.6) is 0 Å². The summed E-state index contributed by atoms with van der Waals surface area (Å²) in [4.78, 5) is 12.6. The molecule has 0 aliphatic heterocycles. The van der Waals surface area contributed by atoms with Crippen molar-refractivity contribution in [2.24, 2.45) is 0 Å². The molecule has 0 aliphatic rings. The molecule has 1 nitrogen and oxygen atoms in total. The maximum absolute atomic E-state index is 12.8. The normalized spacial score (nSPS) is 10.4. The maximum atomic E-state index is 12.8. The molecule has 0 radical (unpaired) electrons. The number of hydrogen-bond acceptors (Lipinski definition) is 2. The molecule has 0 saturated heterocycles. The lowest BCUT2D eigenvalue weighted by Gasteiger charge is -2.03. The second kappa shape index (κ2) is 6.53. The number of ketones is 1. The average Bonchev–Trinajstić information content (AvgIpc) is 2.46. The number of Topliss-reactive ketones (excluding diaryl/α,β-unsaturated/α-hetero) is 1. The zero-order valence-electron chi connectivity index (χ0n) is 10.7. The zero-order chi connectivity index (χ0) is 13.7. The minimum absolute atomic E-state index is 0.162. The van der Waals surface area contributed by atoms with Crippen molar-refractivity contribution in [3.05, 3.63) is 65.5 Å². The first-order valence-corrected chi connectivity index (χ1v) is 7.18. The molecule has 0 unspecified atom stereocenters. The molecule has 0 spiro atoms. The van der Waals surface area contributed by atoms with E-state index in [0.717, 1.165) is 21.8 Å². The van der Waals surface area contributed by atoms with Gasteiger partial charge in [0.1, 0.15) is 5.82 Å². The highest BCUT2D eigenvalue weighted by Gasteiger charge is 2.03. The molecule has 0 N–H and O–H groups in total. The molecule has 2 rings (SSSR count). The number of carbonyl (C=O) groups excluding carboxylic acids is 1. The van der Waals surface area contributed by atoms with Gasteiger partial charge in [-0.25, -0.2) is 4.39 Å². The first kappa shape index (κ1) is 13.8. The lowest BCUT2D eigenvalue weighted by molar-refractivity contribution is 0.0988. The predicted molar refractivity (Wildman–Crippen MR) is 77.0 cm³/mol. The minimum Gasteiger partial charge on any atom is -0.294 e. The van der Waals surface area contributed by atoms with Crippen LogP contribution in [0.1, 0.15) is 29.3 Å². The second-order valence-electron chi connectivity index (χ2n) is 4.22. The first-order chi connectivity index (χ1) is 9.19.